The maximum atomic E-state index is 6.57. The van der Waals surface area contributed by atoms with Gasteiger partial charge in [-0.05, 0) is 46.5 Å². The van der Waals surface area contributed by atoms with E-state index in [1.807, 2.05) is 24.3 Å². The summed E-state index contributed by atoms with van der Waals surface area (Å²) in [6.45, 7) is 0. The third kappa shape index (κ3) is 2.79. The van der Waals surface area contributed by atoms with Crippen LogP contribution < -0.4 is 0 Å². The van der Waals surface area contributed by atoms with Crippen LogP contribution in [0.3, 0.4) is 0 Å². The molecule has 1 aromatic heterocycles. The van der Waals surface area contributed by atoms with Crippen LogP contribution in [0.15, 0.2) is 53.9 Å². The molecule has 0 aliphatic heterocycles. The van der Waals surface area contributed by atoms with Crippen molar-refractivity contribution in [2.24, 2.45) is 0 Å². The smallest absolute Gasteiger partial charge is 0.0639 e. The second kappa shape index (κ2) is 5.54. The third-order valence-electron chi connectivity index (χ3n) is 3.18. The van der Waals surface area contributed by atoms with Crippen molar-refractivity contribution in [3.8, 4) is 0 Å². The maximum absolute atomic E-state index is 6.57. The van der Waals surface area contributed by atoms with Crippen molar-refractivity contribution in [1.29, 1.82) is 0 Å². The number of hydrogen-bond donors (Lipinski definition) is 0. The van der Waals surface area contributed by atoms with Crippen LogP contribution in [0.5, 0.6) is 0 Å². The van der Waals surface area contributed by atoms with Crippen molar-refractivity contribution < 1.29 is 0 Å². The Kier molecular flexibility index (Phi) is 3.79. The van der Waals surface area contributed by atoms with Crippen LogP contribution >= 0.6 is 34.5 Å². The SMILES string of the molecule is Clc1ccc(CC(Cl)c2csc3ccccc23)cc1. The molecule has 3 rings (SSSR count). The second-order valence-electron chi connectivity index (χ2n) is 4.49. The van der Waals surface area contributed by atoms with E-state index in [4.69, 9.17) is 23.2 Å². The highest BCUT2D eigenvalue weighted by molar-refractivity contribution is 7.17. The molecule has 0 fully saturated rings. The normalized spacial score (nSPS) is 12.7. The minimum Gasteiger partial charge on any atom is -0.143 e. The van der Waals surface area contributed by atoms with E-state index in [-0.39, 0.29) is 5.38 Å². The van der Waals surface area contributed by atoms with Crippen molar-refractivity contribution >= 4 is 44.6 Å². The van der Waals surface area contributed by atoms with Crippen LogP contribution in [-0.2, 0) is 6.42 Å². The highest BCUT2D eigenvalue weighted by atomic mass is 35.5. The van der Waals surface area contributed by atoms with Gasteiger partial charge in [0.05, 0.1) is 5.38 Å². The topological polar surface area (TPSA) is 0 Å². The predicted molar refractivity (Wildman–Crippen MR) is 85.6 cm³/mol. The lowest BCUT2D eigenvalue weighted by Crippen LogP contribution is -1.94. The fraction of sp³-hybridized carbons (Fsp3) is 0.125. The molecule has 0 saturated heterocycles. The zero-order valence-corrected chi connectivity index (χ0v) is 12.5. The lowest BCUT2D eigenvalue weighted by Gasteiger charge is -2.09. The summed E-state index contributed by atoms with van der Waals surface area (Å²) in [5, 5.41) is 4.19. The minimum absolute atomic E-state index is 0.00248. The molecule has 19 heavy (non-hydrogen) atoms. The standard InChI is InChI=1S/C16H12Cl2S/c17-12-7-5-11(6-8-12)9-15(18)14-10-19-16-4-2-1-3-13(14)16/h1-8,10,15H,9H2. The number of halogens is 2. The zero-order chi connectivity index (χ0) is 13.2. The Labute approximate surface area is 126 Å². The summed E-state index contributed by atoms with van der Waals surface area (Å²) < 4.78 is 1.29. The van der Waals surface area contributed by atoms with Gasteiger partial charge in [0.2, 0.25) is 0 Å². The molecule has 0 aliphatic rings. The van der Waals surface area contributed by atoms with E-state index in [1.165, 1.54) is 21.2 Å². The number of hydrogen-bond acceptors (Lipinski definition) is 1. The first-order valence-corrected chi connectivity index (χ1v) is 7.78. The molecule has 0 N–H and O–H groups in total. The van der Waals surface area contributed by atoms with Gasteiger partial charge in [-0.2, -0.15) is 0 Å². The van der Waals surface area contributed by atoms with Gasteiger partial charge in [-0.15, -0.1) is 22.9 Å². The molecule has 0 bridgehead atoms. The molecule has 2 aromatic carbocycles. The quantitative estimate of drug-likeness (QED) is 0.515. The molecular weight excluding hydrogens is 295 g/mol. The molecule has 96 valence electrons. The predicted octanol–water partition coefficient (Wildman–Crippen LogP) is 6.08. The highest BCUT2D eigenvalue weighted by Gasteiger charge is 2.13. The van der Waals surface area contributed by atoms with E-state index in [1.54, 1.807) is 11.3 Å². The summed E-state index contributed by atoms with van der Waals surface area (Å²) in [4.78, 5) is 0. The first-order valence-electron chi connectivity index (χ1n) is 6.08. The average molecular weight is 307 g/mol. The maximum Gasteiger partial charge on any atom is 0.0639 e. The lowest BCUT2D eigenvalue weighted by molar-refractivity contribution is 0.932. The summed E-state index contributed by atoms with van der Waals surface area (Å²) >= 11 is 14.2. The molecule has 0 amide bonds. The summed E-state index contributed by atoms with van der Waals surface area (Å²) in [5.74, 6) is 0. The summed E-state index contributed by atoms with van der Waals surface area (Å²) in [6.07, 6.45) is 0.819. The van der Waals surface area contributed by atoms with Crippen LogP contribution in [0.4, 0.5) is 0 Å². The van der Waals surface area contributed by atoms with Gasteiger partial charge in [-0.1, -0.05) is 41.9 Å². The van der Waals surface area contributed by atoms with E-state index in [0.717, 1.165) is 11.4 Å². The number of fused-ring (bicyclic) bond motifs is 1. The largest absolute Gasteiger partial charge is 0.143 e. The van der Waals surface area contributed by atoms with Gasteiger partial charge in [0.15, 0.2) is 0 Å². The average Bonchev–Trinajstić information content (AvgIpc) is 2.85. The van der Waals surface area contributed by atoms with Gasteiger partial charge < -0.3 is 0 Å². The molecule has 1 heterocycles. The minimum atomic E-state index is -0.00248. The number of benzene rings is 2. The Morgan fingerprint density at radius 3 is 2.53 bits per heavy atom. The molecular formula is C16H12Cl2S. The van der Waals surface area contributed by atoms with Crippen LogP contribution in [0.2, 0.25) is 5.02 Å². The highest BCUT2D eigenvalue weighted by Crippen LogP contribution is 2.35. The van der Waals surface area contributed by atoms with Gasteiger partial charge >= 0.3 is 0 Å². The van der Waals surface area contributed by atoms with Gasteiger partial charge in [-0.3, -0.25) is 0 Å². The van der Waals surface area contributed by atoms with Gasteiger partial charge in [0.25, 0.3) is 0 Å². The fourth-order valence-electron chi connectivity index (χ4n) is 2.18. The monoisotopic (exact) mass is 306 g/mol. The molecule has 0 radical (unpaired) electrons. The zero-order valence-electron chi connectivity index (χ0n) is 10.1. The van der Waals surface area contributed by atoms with Crippen LogP contribution in [-0.4, -0.2) is 0 Å². The third-order valence-corrected chi connectivity index (χ3v) is 4.80. The first-order chi connectivity index (χ1) is 9.24. The van der Waals surface area contributed by atoms with Gasteiger partial charge in [0, 0.05) is 9.72 Å². The molecule has 0 nitrogen and oxygen atoms in total. The summed E-state index contributed by atoms with van der Waals surface area (Å²) in [5.41, 5.74) is 2.43. The molecule has 1 atom stereocenters. The molecule has 0 aliphatic carbocycles. The molecule has 3 aromatic rings. The van der Waals surface area contributed by atoms with Crippen molar-refractivity contribution in [1.82, 2.24) is 0 Å². The number of alkyl halides is 1. The van der Waals surface area contributed by atoms with Gasteiger partial charge in [0.1, 0.15) is 0 Å². The Hall–Kier alpha value is -1.02. The van der Waals surface area contributed by atoms with Crippen molar-refractivity contribution in [3.63, 3.8) is 0 Å². The van der Waals surface area contributed by atoms with Crippen LogP contribution in [0.1, 0.15) is 16.5 Å². The fourth-order valence-corrected chi connectivity index (χ4v) is 3.75. The van der Waals surface area contributed by atoms with E-state index in [9.17, 15) is 0 Å². The lowest BCUT2D eigenvalue weighted by atomic mass is 10.0. The Bertz CT molecular complexity index is 685. The van der Waals surface area contributed by atoms with Crippen molar-refractivity contribution in [2.45, 2.75) is 11.8 Å². The van der Waals surface area contributed by atoms with Crippen LogP contribution in [0.25, 0.3) is 10.1 Å². The van der Waals surface area contributed by atoms with Crippen molar-refractivity contribution in [2.75, 3.05) is 0 Å². The van der Waals surface area contributed by atoms with Gasteiger partial charge in [-0.25, -0.2) is 0 Å². The number of rotatable bonds is 3. The molecule has 0 spiro atoms. The molecule has 1 unspecified atom stereocenters. The first kappa shape index (κ1) is 13.0. The van der Waals surface area contributed by atoms with E-state index < -0.39 is 0 Å². The Morgan fingerprint density at radius 2 is 1.74 bits per heavy atom. The Morgan fingerprint density at radius 1 is 1.00 bits per heavy atom. The van der Waals surface area contributed by atoms with E-state index in [0.29, 0.717) is 0 Å². The number of thiophene rings is 1. The Balaban J connectivity index is 1.87. The summed E-state index contributed by atoms with van der Waals surface area (Å²) in [6, 6.07) is 16.3. The molecule has 0 saturated carbocycles. The molecule has 3 heteroatoms. The van der Waals surface area contributed by atoms with Crippen LogP contribution in [0, 0.1) is 0 Å². The summed E-state index contributed by atoms with van der Waals surface area (Å²) in [7, 11) is 0. The van der Waals surface area contributed by atoms with E-state index >= 15 is 0 Å². The van der Waals surface area contributed by atoms with Crippen molar-refractivity contribution in [3.05, 3.63) is 70.1 Å². The second-order valence-corrected chi connectivity index (χ2v) is 6.36. The van der Waals surface area contributed by atoms with E-state index in [2.05, 4.69) is 29.6 Å².